The average molecular weight is 374 g/mol. The lowest BCUT2D eigenvalue weighted by Gasteiger charge is -2.24. The van der Waals surface area contributed by atoms with Gasteiger partial charge in [-0.1, -0.05) is 37.3 Å². The Morgan fingerprint density at radius 1 is 1.26 bits per heavy atom. The summed E-state index contributed by atoms with van der Waals surface area (Å²) in [6.45, 7) is 2.89. The highest BCUT2D eigenvalue weighted by molar-refractivity contribution is 5.95. The Balaban J connectivity index is 2.44. The van der Waals surface area contributed by atoms with Crippen LogP contribution >= 0.6 is 0 Å². The van der Waals surface area contributed by atoms with Gasteiger partial charge in [0.05, 0.1) is 6.54 Å². The Morgan fingerprint density at radius 3 is 2.59 bits per heavy atom. The fourth-order valence-corrected chi connectivity index (χ4v) is 2.85. The number of methoxy groups -OCH3 is 1. The molecule has 0 fully saturated rings. The summed E-state index contributed by atoms with van der Waals surface area (Å²) in [5, 5.41) is 0. The van der Waals surface area contributed by atoms with E-state index in [0.29, 0.717) is 26.0 Å². The summed E-state index contributed by atoms with van der Waals surface area (Å²) in [4.78, 5) is 41.0. The van der Waals surface area contributed by atoms with E-state index >= 15 is 0 Å². The predicted molar refractivity (Wildman–Crippen MR) is 105 cm³/mol. The number of rotatable bonds is 9. The fourth-order valence-electron chi connectivity index (χ4n) is 2.85. The third kappa shape index (κ3) is 5.07. The third-order valence-electron chi connectivity index (χ3n) is 4.15. The quantitative estimate of drug-likeness (QED) is 0.644. The molecular weight excluding hydrogens is 348 g/mol. The zero-order valence-corrected chi connectivity index (χ0v) is 15.7. The highest BCUT2D eigenvalue weighted by Crippen LogP contribution is 2.19. The number of aromatic amines is 1. The van der Waals surface area contributed by atoms with Crippen LogP contribution in [0.3, 0.4) is 0 Å². The van der Waals surface area contributed by atoms with Crippen LogP contribution in [0, 0.1) is 0 Å². The minimum Gasteiger partial charge on any atom is -0.385 e. The lowest BCUT2D eigenvalue weighted by atomic mass is 10.2. The first-order valence-electron chi connectivity index (χ1n) is 8.95. The zero-order chi connectivity index (χ0) is 19.8. The van der Waals surface area contributed by atoms with E-state index in [1.54, 1.807) is 7.11 Å². The molecule has 1 heterocycles. The lowest BCUT2D eigenvalue weighted by molar-refractivity contribution is -0.118. The van der Waals surface area contributed by atoms with Crippen LogP contribution in [-0.2, 0) is 16.1 Å². The standard InChI is InChI=1S/C19H26N4O4/c1-3-11-22(15(24)10-7-12-27-2)16-17(20)23(19(26)21-18(16)25)13-14-8-5-4-6-9-14/h4-6,8-9H,3,7,10-13,20H2,1-2H3,(H,21,25,26). The maximum atomic E-state index is 12.6. The number of ether oxygens (including phenoxy) is 1. The number of carbonyl (C=O) groups is 1. The van der Waals surface area contributed by atoms with Crippen LogP contribution in [0.25, 0.3) is 0 Å². The Hall–Kier alpha value is -2.87. The number of hydrogen-bond donors (Lipinski definition) is 2. The van der Waals surface area contributed by atoms with Crippen LogP contribution in [0.15, 0.2) is 39.9 Å². The number of H-pyrrole nitrogens is 1. The van der Waals surface area contributed by atoms with Gasteiger partial charge in [0, 0.05) is 26.7 Å². The van der Waals surface area contributed by atoms with E-state index in [1.165, 1.54) is 9.47 Å². The van der Waals surface area contributed by atoms with Gasteiger partial charge in [0.2, 0.25) is 5.91 Å². The van der Waals surface area contributed by atoms with Crippen molar-refractivity contribution < 1.29 is 9.53 Å². The van der Waals surface area contributed by atoms with Crippen molar-refractivity contribution in [1.29, 1.82) is 0 Å². The minimum atomic E-state index is -0.657. The van der Waals surface area contributed by atoms with E-state index in [-0.39, 0.29) is 30.4 Å². The summed E-state index contributed by atoms with van der Waals surface area (Å²) in [5.74, 6) is -0.239. The second kappa shape index (κ2) is 9.72. The molecule has 0 aliphatic carbocycles. The predicted octanol–water partition coefficient (Wildman–Crippen LogP) is 1.34. The molecule has 8 nitrogen and oxygen atoms in total. The van der Waals surface area contributed by atoms with Gasteiger partial charge in [-0.2, -0.15) is 0 Å². The summed E-state index contributed by atoms with van der Waals surface area (Å²) in [7, 11) is 1.57. The summed E-state index contributed by atoms with van der Waals surface area (Å²) >= 11 is 0. The smallest absolute Gasteiger partial charge is 0.330 e. The highest BCUT2D eigenvalue weighted by Gasteiger charge is 2.23. The van der Waals surface area contributed by atoms with E-state index in [9.17, 15) is 14.4 Å². The lowest BCUT2D eigenvalue weighted by Crippen LogP contribution is -2.41. The molecule has 1 amide bonds. The van der Waals surface area contributed by atoms with Crippen molar-refractivity contribution in [3.63, 3.8) is 0 Å². The topological polar surface area (TPSA) is 110 Å². The highest BCUT2D eigenvalue weighted by atomic mass is 16.5. The Bertz CT molecular complexity index is 874. The summed E-state index contributed by atoms with van der Waals surface area (Å²) in [5.41, 5.74) is 5.80. The fraction of sp³-hybridized carbons (Fsp3) is 0.421. The number of carbonyl (C=O) groups excluding carboxylic acids is 1. The molecular formula is C19H26N4O4. The first-order chi connectivity index (χ1) is 13.0. The van der Waals surface area contributed by atoms with Crippen molar-refractivity contribution >= 4 is 17.4 Å². The number of nitrogens with two attached hydrogens (primary N) is 1. The Morgan fingerprint density at radius 2 is 1.96 bits per heavy atom. The minimum absolute atomic E-state index is 0.0128. The SMILES string of the molecule is CCCN(C(=O)CCCOC)c1c(N)n(Cc2ccccc2)c(=O)[nH]c1=O. The van der Waals surface area contributed by atoms with E-state index in [1.807, 2.05) is 37.3 Å². The number of nitrogen functional groups attached to an aromatic ring is 1. The van der Waals surface area contributed by atoms with Gasteiger partial charge in [-0.05, 0) is 18.4 Å². The van der Waals surface area contributed by atoms with Crippen LogP contribution in [0.4, 0.5) is 11.5 Å². The van der Waals surface area contributed by atoms with Gasteiger partial charge in [-0.3, -0.25) is 19.1 Å². The molecule has 0 saturated carbocycles. The Labute approximate surface area is 157 Å². The van der Waals surface area contributed by atoms with Crippen LogP contribution < -0.4 is 21.9 Å². The van der Waals surface area contributed by atoms with Crippen LogP contribution in [0.5, 0.6) is 0 Å². The molecule has 0 atom stereocenters. The molecule has 2 aromatic rings. The molecule has 8 heteroatoms. The molecule has 0 aliphatic rings. The summed E-state index contributed by atoms with van der Waals surface area (Å²) in [6.07, 6.45) is 1.41. The average Bonchev–Trinajstić information content (AvgIpc) is 2.65. The molecule has 2 rings (SSSR count). The second-order valence-corrected chi connectivity index (χ2v) is 6.21. The molecule has 0 unspecified atom stereocenters. The van der Waals surface area contributed by atoms with Gasteiger partial charge < -0.3 is 15.4 Å². The molecule has 0 spiro atoms. The van der Waals surface area contributed by atoms with Crippen LogP contribution in [-0.4, -0.2) is 35.7 Å². The number of benzene rings is 1. The number of hydrogen-bond acceptors (Lipinski definition) is 5. The summed E-state index contributed by atoms with van der Waals surface area (Å²) < 4.78 is 6.25. The zero-order valence-electron chi connectivity index (χ0n) is 15.7. The van der Waals surface area contributed by atoms with E-state index in [4.69, 9.17) is 10.5 Å². The molecule has 146 valence electrons. The molecule has 3 N–H and O–H groups in total. The van der Waals surface area contributed by atoms with Crippen molar-refractivity contribution in [3.05, 3.63) is 56.7 Å². The van der Waals surface area contributed by atoms with Gasteiger partial charge in [-0.25, -0.2) is 4.79 Å². The van der Waals surface area contributed by atoms with E-state index < -0.39 is 11.2 Å². The van der Waals surface area contributed by atoms with Crippen molar-refractivity contribution in [2.75, 3.05) is 30.9 Å². The largest absolute Gasteiger partial charge is 0.385 e. The number of nitrogens with zero attached hydrogens (tertiary/aromatic N) is 2. The normalized spacial score (nSPS) is 10.7. The van der Waals surface area contributed by atoms with Gasteiger partial charge in [0.1, 0.15) is 5.82 Å². The number of anilines is 2. The molecule has 1 aromatic heterocycles. The van der Waals surface area contributed by atoms with E-state index in [2.05, 4.69) is 4.98 Å². The van der Waals surface area contributed by atoms with Crippen LogP contribution in [0.1, 0.15) is 31.7 Å². The molecule has 1 aromatic carbocycles. The van der Waals surface area contributed by atoms with E-state index in [0.717, 1.165) is 5.56 Å². The number of aromatic nitrogens is 2. The second-order valence-electron chi connectivity index (χ2n) is 6.21. The third-order valence-corrected chi connectivity index (χ3v) is 4.15. The van der Waals surface area contributed by atoms with Gasteiger partial charge in [-0.15, -0.1) is 0 Å². The van der Waals surface area contributed by atoms with Crippen LogP contribution in [0.2, 0.25) is 0 Å². The maximum Gasteiger partial charge on any atom is 0.330 e. The van der Waals surface area contributed by atoms with Crippen molar-refractivity contribution in [3.8, 4) is 0 Å². The molecule has 0 saturated heterocycles. The number of nitrogens with one attached hydrogen (secondary N) is 1. The first-order valence-corrected chi connectivity index (χ1v) is 8.95. The molecule has 0 bridgehead atoms. The molecule has 0 aliphatic heterocycles. The number of amides is 1. The molecule has 27 heavy (non-hydrogen) atoms. The maximum absolute atomic E-state index is 12.6. The monoisotopic (exact) mass is 374 g/mol. The van der Waals surface area contributed by atoms with Crippen molar-refractivity contribution in [2.24, 2.45) is 0 Å². The van der Waals surface area contributed by atoms with Gasteiger partial charge in [0.25, 0.3) is 5.56 Å². The Kier molecular flexibility index (Phi) is 7.36. The van der Waals surface area contributed by atoms with Gasteiger partial charge >= 0.3 is 5.69 Å². The van der Waals surface area contributed by atoms with Crippen molar-refractivity contribution in [2.45, 2.75) is 32.7 Å². The summed E-state index contributed by atoms with van der Waals surface area (Å²) in [6, 6.07) is 9.29. The molecule has 0 radical (unpaired) electrons. The van der Waals surface area contributed by atoms with Gasteiger partial charge in [0.15, 0.2) is 5.69 Å². The first kappa shape index (κ1) is 20.4. The van der Waals surface area contributed by atoms with Crippen molar-refractivity contribution in [1.82, 2.24) is 9.55 Å².